The van der Waals surface area contributed by atoms with E-state index >= 15 is 0 Å². The van der Waals surface area contributed by atoms with E-state index in [-0.39, 0.29) is 5.41 Å². The van der Waals surface area contributed by atoms with Gasteiger partial charge < -0.3 is 9.69 Å². The second-order valence-electron chi connectivity index (χ2n) is 5.26. The Morgan fingerprint density at radius 2 is 2.21 bits per heavy atom. The number of aldehydes is 1. The molecule has 0 amide bonds. The summed E-state index contributed by atoms with van der Waals surface area (Å²) in [4.78, 5) is 13.3. The lowest BCUT2D eigenvalue weighted by Gasteiger charge is -2.35. The number of likely N-dealkylation sites (tertiary alicyclic amines) is 1. The SMILES string of the molecule is CCC1CCCN(CC(C)(C)C=O)C1. The molecule has 0 bridgehead atoms. The van der Waals surface area contributed by atoms with Crippen molar-refractivity contribution in [3.8, 4) is 0 Å². The van der Waals surface area contributed by atoms with Crippen LogP contribution < -0.4 is 0 Å². The van der Waals surface area contributed by atoms with E-state index in [4.69, 9.17) is 0 Å². The first-order chi connectivity index (χ1) is 6.57. The summed E-state index contributed by atoms with van der Waals surface area (Å²) in [6.45, 7) is 9.60. The second kappa shape index (κ2) is 4.92. The smallest absolute Gasteiger partial charge is 0.126 e. The van der Waals surface area contributed by atoms with Gasteiger partial charge in [-0.25, -0.2) is 0 Å². The molecule has 0 radical (unpaired) electrons. The standard InChI is InChI=1S/C12H23NO/c1-4-11-6-5-7-13(8-11)9-12(2,3)10-14/h10-11H,4-9H2,1-3H3. The second-order valence-corrected chi connectivity index (χ2v) is 5.26. The molecule has 1 aliphatic rings. The van der Waals surface area contributed by atoms with Gasteiger partial charge in [-0.2, -0.15) is 0 Å². The Labute approximate surface area is 87.7 Å². The summed E-state index contributed by atoms with van der Waals surface area (Å²) in [5.74, 6) is 0.853. The van der Waals surface area contributed by atoms with Crippen molar-refractivity contribution >= 4 is 6.29 Å². The molecule has 14 heavy (non-hydrogen) atoms. The van der Waals surface area contributed by atoms with Crippen molar-refractivity contribution in [2.75, 3.05) is 19.6 Å². The zero-order valence-electron chi connectivity index (χ0n) is 9.75. The van der Waals surface area contributed by atoms with Crippen LogP contribution in [0, 0.1) is 11.3 Å². The zero-order chi connectivity index (χ0) is 10.6. The fraction of sp³-hybridized carbons (Fsp3) is 0.917. The molecule has 0 aliphatic carbocycles. The van der Waals surface area contributed by atoms with Gasteiger partial charge in [0.05, 0.1) is 0 Å². The van der Waals surface area contributed by atoms with Gasteiger partial charge in [0.2, 0.25) is 0 Å². The molecular weight excluding hydrogens is 174 g/mol. The van der Waals surface area contributed by atoms with Gasteiger partial charge in [0.15, 0.2) is 0 Å². The van der Waals surface area contributed by atoms with Crippen LogP contribution in [0.15, 0.2) is 0 Å². The molecule has 1 unspecified atom stereocenters. The molecule has 1 heterocycles. The first-order valence-corrected chi connectivity index (χ1v) is 5.76. The fourth-order valence-corrected chi connectivity index (χ4v) is 2.24. The number of piperidine rings is 1. The van der Waals surface area contributed by atoms with Crippen LogP contribution in [-0.2, 0) is 4.79 Å². The molecule has 0 aromatic heterocycles. The van der Waals surface area contributed by atoms with Gasteiger partial charge in [-0.05, 0) is 25.3 Å². The Bertz CT molecular complexity index is 189. The lowest BCUT2D eigenvalue weighted by molar-refractivity contribution is -0.115. The summed E-state index contributed by atoms with van der Waals surface area (Å²) in [7, 11) is 0. The van der Waals surface area contributed by atoms with Crippen molar-refractivity contribution in [3.63, 3.8) is 0 Å². The monoisotopic (exact) mass is 197 g/mol. The van der Waals surface area contributed by atoms with Crippen molar-refractivity contribution in [1.82, 2.24) is 4.90 Å². The molecule has 1 fully saturated rings. The molecule has 1 atom stereocenters. The molecule has 2 heteroatoms. The van der Waals surface area contributed by atoms with Crippen LogP contribution >= 0.6 is 0 Å². The van der Waals surface area contributed by atoms with Gasteiger partial charge in [0, 0.05) is 18.5 Å². The number of carbonyl (C=O) groups is 1. The van der Waals surface area contributed by atoms with E-state index in [9.17, 15) is 4.79 Å². The maximum absolute atomic E-state index is 10.8. The third kappa shape index (κ3) is 3.41. The minimum Gasteiger partial charge on any atom is -0.303 e. The average molecular weight is 197 g/mol. The highest BCUT2D eigenvalue weighted by atomic mass is 16.1. The highest BCUT2D eigenvalue weighted by Gasteiger charge is 2.25. The van der Waals surface area contributed by atoms with E-state index in [1.807, 2.05) is 13.8 Å². The van der Waals surface area contributed by atoms with Crippen molar-refractivity contribution < 1.29 is 4.79 Å². The summed E-state index contributed by atoms with van der Waals surface area (Å²) in [6, 6.07) is 0. The van der Waals surface area contributed by atoms with Gasteiger partial charge in [-0.1, -0.05) is 27.2 Å². The van der Waals surface area contributed by atoms with Gasteiger partial charge in [0.1, 0.15) is 6.29 Å². The normalized spacial score (nSPS) is 24.9. The molecule has 0 spiro atoms. The Morgan fingerprint density at radius 3 is 2.79 bits per heavy atom. The minimum atomic E-state index is -0.171. The first kappa shape index (κ1) is 11.7. The van der Waals surface area contributed by atoms with Crippen LogP contribution in [0.4, 0.5) is 0 Å². The Hall–Kier alpha value is -0.370. The summed E-state index contributed by atoms with van der Waals surface area (Å²) >= 11 is 0. The topological polar surface area (TPSA) is 20.3 Å². The van der Waals surface area contributed by atoms with Gasteiger partial charge >= 0.3 is 0 Å². The molecule has 0 saturated carbocycles. The molecule has 82 valence electrons. The van der Waals surface area contributed by atoms with Crippen LogP contribution in [0.5, 0.6) is 0 Å². The predicted molar refractivity (Wildman–Crippen MR) is 59.3 cm³/mol. The third-order valence-electron chi connectivity index (χ3n) is 3.13. The number of hydrogen-bond donors (Lipinski definition) is 0. The first-order valence-electron chi connectivity index (χ1n) is 5.76. The number of nitrogens with zero attached hydrogens (tertiary/aromatic N) is 1. The van der Waals surface area contributed by atoms with Crippen molar-refractivity contribution in [2.24, 2.45) is 11.3 Å². The molecule has 0 aromatic rings. The Kier molecular flexibility index (Phi) is 4.11. The van der Waals surface area contributed by atoms with E-state index in [0.717, 1.165) is 18.7 Å². The molecule has 0 N–H and O–H groups in total. The maximum atomic E-state index is 10.8. The summed E-state index contributed by atoms with van der Waals surface area (Å²) in [5, 5.41) is 0. The number of hydrogen-bond acceptors (Lipinski definition) is 2. The quantitative estimate of drug-likeness (QED) is 0.645. The van der Waals surface area contributed by atoms with E-state index in [2.05, 4.69) is 11.8 Å². The van der Waals surface area contributed by atoms with E-state index in [1.165, 1.54) is 32.4 Å². The molecule has 1 rings (SSSR count). The molecule has 1 saturated heterocycles. The zero-order valence-corrected chi connectivity index (χ0v) is 9.75. The lowest BCUT2D eigenvalue weighted by Crippen LogP contribution is -2.41. The van der Waals surface area contributed by atoms with E-state index < -0.39 is 0 Å². The highest BCUT2D eigenvalue weighted by molar-refractivity contribution is 5.58. The maximum Gasteiger partial charge on any atom is 0.126 e. The predicted octanol–water partition coefficient (Wildman–Crippen LogP) is 2.33. The number of carbonyl (C=O) groups excluding carboxylic acids is 1. The average Bonchev–Trinajstić information content (AvgIpc) is 2.17. The molecule has 0 aromatic carbocycles. The Balaban J connectivity index is 2.41. The van der Waals surface area contributed by atoms with Crippen molar-refractivity contribution in [3.05, 3.63) is 0 Å². The third-order valence-corrected chi connectivity index (χ3v) is 3.13. The number of rotatable bonds is 4. The van der Waals surface area contributed by atoms with Crippen LogP contribution in [0.25, 0.3) is 0 Å². The van der Waals surface area contributed by atoms with Crippen molar-refractivity contribution in [1.29, 1.82) is 0 Å². The van der Waals surface area contributed by atoms with E-state index in [0.29, 0.717) is 0 Å². The molecule has 2 nitrogen and oxygen atoms in total. The minimum absolute atomic E-state index is 0.171. The summed E-state index contributed by atoms with van der Waals surface area (Å²) < 4.78 is 0. The molecular formula is C12H23NO. The largest absolute Gasteiger partial charge is 0.303 e. The summed E-state index contributed by atoms with van der Waals surface area (Å²) in [5.41, 5.74) is -0.171. The van der Waals surface area contributed by atoms with E-state index in [1.54, 1.807) is 0 Å². The Morgan fingerprint density at radius 1 is 1.50 bits per heavy atom. The van der Waals surface area contributed by atoms with Crippen LogP contribution in [-0.4, -0.2) is 30.8 Å². The summed E-state index contributed by atoms with van der Waals surface area (Å²) in [6.07, 6.45) is 5.03. The van der Waals surface area contributed by atoms with Crippen LogP contribution in [0.3, 0.4) is 0 Å². The molecule has 1 aliphatic heterocycles. The highest BCUT2D eigenvalue weighted by Crippen LogP contribution is 2.22. The van der Waals surface area contributed by atoms with Gasteiger partial charge in [-0.3, -0.25) is 0 Å². The fourth-order valence-electron chi connectivity index (χ4n) is 2.24. The van der Waals surface area contributed by atoms with Crippen LogP contribution in [0.2, 0.25) is 0 Å². The lowest BCUT2D eigenvalue weighted by atomic mass is 9.91. The van der Waals surface area contributed by atoms with Crippen LogP contribution in [0.1, 0.15) is 40.0 Å². The van der Waals surface area contributed by atoms with Gasteiger partial charge in [0.25, 0.3) is 0 Å². The van der Waals surface area contributed by atoms with Gasteiger partial charge in [-0.15, -0.1) is 0 Å². The van der Waals surface area contributed by atoms with Crippen molar-refractivity contribution in [2.45, 2.75) is 40.0 Å².